The molecular formula is C12H20N2O. The van der Waals surface area contributed by atoms with Crippen molar-refractivity contribution in [2.75, 3.05) is 18.5 Å². The number of nitrogens with two attached hydrogens (primary N) is 1. The lowest BCUT2D eigenvalue weighted by Gasteiger charge is -2.27. The molecule has 3 N–H and O–H groups in total. The molecule has 0 aromatic heterocycles. The van der Waals surface area contributed by atoms with Gasteiger partial charge in [0.05, 0.1) is 5.60 Å². The zero-order valence-corrected chi connectivity index (χ0v) is 9.70. The minimum Gasteiger partial charge on any atom is -0.389 e. The average molecular weight is 208 g/mol. The van der Waals surface area contributed by atoms with Gasteiger partial charge in [-0.25, -0.2) is 0 Å². The fourth-order valence-electron chi connectivity index (χ4n) is 1.56. The maximum absolute atomic E-state index is 9.69. The van der Waals surface area contributed by atoms with Crippen molar-refractivity contribution in [1.29, 1.82) is 0 Å². The predicted octanol–water partition coefficient (Wildman–Crippen LogP) is 1.35. The molecule has 1 aromatic rings. The number of hydrogen-bond acceptors (Lipinski definition) is 3. The molecule has 15 heavy (non-hydrogen) atoms. The van der Waals surface area contributed by atoms with Gasteiger partial charge in [-0.15, -0.1) is 0 Å². The van der Waals surface area contributed by atoms with E-state index in [2.05, 4.69) is 0 Å². The second-order valence-electron chi connectivity index (χ2n) is 4.54. The van der Waals surface area contributed by atoms with Crippen molar-refractivity contribution >= 4 is 5.69 Å². The Morgan fingerprint density at radius 1 is 1.27 bits per heavy atom. The van der Waals surface area contributed by atoms with E-state index in [4.69, 9.17) is 5.73 Å². The molecule has 1 aromatic carbocycles. The highest BCUT2D eigenvalue weighted by molar-refractivity contribution is 5.47. The van der Waals surface area contributed by atoms with Crippen LogP contribution in [-0.4, -0.2) is 24.3 Å². The van der Waals surface area contributed by atoms with Gasteiger partial charge in [0.2, 0.25) is 0 Å². The van der Waals surface area contributed by atoms with E-state index in [1.54, 1.807) is 13.8 Å². The predicted molar refractivity (Wildman–Crippen MR) is 63.9 cm³/mol. The summed E-state index contributed by atoms with van der Waals surface area (Å²) in [7, 11) is 1.97. The molecule has 3 heteroatoms. The van der Waals surface area contributed by atoms with E-state index in [1.165, 1.54) is 0 Å². The summed E-state index contributed by atoms with van der Waals surface area (Å²) < 4.78 is 0. The van der Waals surface area contributed by atoms with Crippen LogP contribution >= 0.6 is 0 Å². The van der Waals surface area contributed by atoms with Crippen LogP contribution in [0.3, 0.4) is 0 Å². The molecule has 0 bridgehead atoms. The normalized spacial score (nSPS) is 11.5. The molecule has 1 rings (SSSR count). The minimum absolute atomic E-state index is 0.565. The minimum atomic E-state index is -0.679. The van der Waals surface area contributed by atoms with Crippen LogP contribution in [0.1, 0.15) is 19.4 Å². The first-order valence-electron chi connectivity index (χ1n) is 5.15. The first kappa shape index (κ1) is 12.0. The summed E-state index contributed by atoms with van der Waals surface area (Å²) in [6.07, 6.45) is 0. The van der Waals surface area contributed by atoms with E-state index in [9.17, 15) is 5.11 Å². The molecule has 0 amide bonds. The number of likely N-dealkylation sites (N-methyl/N-ethyl adjacent to an activating group) is 1. The van der Waals surface area contributed by atoms with Crippen molar-refractivity contribution in [3.8, 4) is 0 Å². The topological polar surface area (TPSA) is 49.5 Å². The molecule has 0 unspecified atom stereocenters. The molecule has 0 heterocycles. The van der Waals surface area contributed by atoms with E-state index in [1.807, 2.05) is 36.2 Å². The number of anilines is 1. The van der Waals surface area contributed by atoms with Gasteiger partial charge in [-0.3, -0.25) is 0 Å². The molecule has 0 aliphatic heterocycles. The van der Waals surface area contributed by atoms with Crippen LogP contribution in [0, 0.1) is 0 Å². The maximum atomic E-state index is 9.69. The summed E-state index contributed by atoms with van der Waals surface area (Å²) in [5.74, 6) is 0. The zero-order chi connectivity index (χ0) is 11.5. The van der Waals surface area contributed by atoms with Crippen LogP contribution in [0.4, 0.5) is 5.69 Å². The summed E-state index contributed by atoms with van der Waals surface area (Å²) in [4.78, 5) is 2.03. The fraction of sp³-hybridized carbons (Fsp3) is 0.500. The summed E-state index contributed by atoms with van der Waals surface area (Å²) in [6.45, 7) is 4.78. The number of aliphatic hydroxyl groups is 1. The lowest BCUT2D eigenvalue weighted by atomic mass is 10.1. The Bertz CT molecular complexity index is 300. The zero-order valence-electron chi connectivity index (χ0n) is 9.70. The van der Waals surface area contributed by atoms with Crippen molar-refractivity contribution in [3.05, 3.63) is 29.8 Å². The van der Waals surface area contributed by atoms with Crippen LogP contribution in [0.5, 0.6) is 0 Å². The third-order valence-electron chi connectivity index (χ3n) is 2.24. The van der Waals surface area contributed by atoms with Gasteiger partial charge in [0, 0.05) is 25.8 Å². The van der Waals surface area contributed by atoms with Crippen LogP contribution in [0.15, 0.2) is 24.3 Å². The largest absolute Gasteiger partial charge is 0.389 e. The standard InChI is InChI=1S/C12H20N2O/c1-12(2,15)9-14(3)11-6-4-10(8-13)5-7-11/h4-7,15H,8-9,13H2,1-3H3. The molecule has 0 fully saturated rings. The Morgan fingerprint density at radius 2 is 1.80 bits per heavy atom. The smallest absolute Gasteiger partial charge is 0.0765 e. The van der Waals surface area contributed by atoms with Crippen LogP contribution in [0.25, 0.3) is 0 Å². The highest BCUT2D eigenvalue weighted by atomic mass is 16.3. The van der Waals surface area contributed by atoms with Gasteiger partial charge in [-0.1, -0.05) is 12.1 Å². The molecule has 0 saturated heterocycles. The van der Waals surface area contributed by atoms with E-state index < -0.39 is 5.60 Å². The molecular weight excluding hydrogens is 188 g/mol. The quantitative estimate of drug-likeness (QED) is 0.785. The third-order valence-corrected chi connectivity index (χ3v) is 2.24. The number of rotatable bonds is 4. The molecule has 0 radical (unpaired) electrons. The van der Waals surface area contributed by atoms with Crippen molar-refractivity contribution in [2.45, 2.75) is 26.0 Å². The van der Waals surface area contributed by atoms with Gasteiger partial charge in [0.25, 0.3) is 0 Å². The van der Waals surface area contributed by atoms with Crippen molar-refractivity contribution in [3.63, 3.8) is 0 Å². The molecule has 84 valence electrons. The molecule has 0 aliphatic carbocycles. The number of hydrogen-bond donors (Lipinski definition) is 2. The molecule has 0 aliphatic rings. The van der Waals surface area contributed by atoms with Gasteiger partial charge < -0.3 is 15.7 Å². The number of benzene rings is 1. The van der Waals surface area contributed by atoms with E-state index >= 15 is 0 Å². The van der Waals surface area contributed by atoms with Crippen LogP contribution in [0.2, 0.25) is 0 Å². The highest BCUT2D eigenvalue weighted by Crippen LogP contribution is 2.16. The summed E-state index contributed by atoms with van der Waals surface area (Å²) in [5.41, 5.74) is 7.06. The second kappa shape index (κ2) is 4.64. The lowest BCUT2D eigenvalue weighted by Crippen LogP contribution is -2.36. The van der Waals surface area contributed by atoms with Crippen molar-refractivity contribution in [1.82, 2.24) is 0 Å². The van der Waals surface area contributed by atoms with Crippen LogP contribution in [-0.2, 0) is 6.54 Å². The number of nitrogens with zero attached hydrogens (tertiary/aromatic N) is 1. The third kappa shape index (κ3) is 3.90. The summed E-state index contributed by atoms with van der Waals surface area (Å²) in [5, 5.41) is 9.69. The van der Waals surface area contributed by atoms with Gasteiger partial charge in [0.1, 0.15) is 0 Å². The first-order chi connectivity index (χ1) is 6.92. The average Bonchev–Trinajstić information content (AvgIpc) is 2.15. The van der Waals surface area contributed by atoms with E-state index in [0.717, 1.165) is 11.3 Å². The lowest BCUT2D eigenvalue weighted by molar-refractivity contribution is 0.0886. The Labute approximate surface area is 91.5 Å². The van der Waals surface area contributed by atoms with E-state index in [-0.39, 0.29) is 0 Å². The summed E-state index contributed by atoms with van der Waals surface area (Å²) in [6, 6.07) is 8.06. The maximum Gasteiger partial charge on any atom is 0.0765 e. The van der Waals surface area contributed by atoms with Crippen LogP contribution < -0.4 is 10.6 Å². The molecule has 0 atom stereocenters. The summed E-state index contributed by atoms with van der Waals surface area (Å²) >= 11 is 0. The van der Waals surface area contributed by atoms with Gasteiger partial charge in [-0.2, -0.15) is 0 Å². The monoisotopic (exact) mass is 208 g/mol. The fourth-order valence-corrected chi connectivity index (χ4v) is 1.56. The van der Waals surface area contributed by atoms with Crippen molar-refractivity contribution in [2.24, 2.45) is 5.73 Å². The SMILES string of the molecule is CN(CC(C)(C)O)c1ccc(CN)cc1. The van der Waals surface area contributed by atoms with Gasteiger partial charge >= 0.3 is 0 Å². The Balaban J connectivity index is 2.70. The Kier molecular flexibility index (Phi) is 3.72. The van der Waals surface area contributed by atoms with Gasteiger partial charge in [-0.05, 0) is 31.5 Å². The van der Waals surface area contributed by atoms with Gasteiger partial charge in [0.15, 0.2) is 0 Å². The first-order valence-corrected chi connectivity index (χ1v) is 5.15. The van der Waals surface area contributed by atoms with E-state index in [0.29, 0.717) is 13.1 Å². The Morgan fingerprint density at radius 3 is 2.20 bits per heavy atom. The molecule has 0 saturated carbocycles. The molecule has 0 spiro atoms. The van der Waals surface area contributed by atoms with Crippen molar-refractivity contribution < 1.29 is 5.11 Å². The molecule has 3 nitrogen and oxygen atoms in total. The second-order valence-corrected chi connectivity index (χ2v) is 4.54. The highest BCUT2D eigenvalue weighted by Gasteiger charge is 2.15. The Hall–Kier alpha value is -1.06.